The first kappa shape index (κ1) is 11.6. The van der Waals surface area contributed by atoms with E-state index < -0.39 is 0 Å². The molecule has 0 spiro atoms. The molecule has 3 aromatic rings. The molecule has 0 saturated carbocycles. The molecule has 0 saturated heterocycles. The van der Waals surface area contributed by atoms with Crippen LogP contribution in [0.2, 0.25) is 0 Å². The molecule has 1 N–H and O–H groups in total. The Hall–Kier alpha value is -2.49. The molecule has 0 aliphatic rings. The summed E-state index contributed by atoms with van der Waals surface area (Å²) in [7, 11) is 0. The van der Waals surface area contributed by atoms with Crippen molar-refractivity contribution in [1.29, 1.82) is 5.41 Å². The van der Waals surface area contributed by atoms with E-state index in [2.05, 4.69) is 9.97 Å². The summed E-state index contributed by atoms with van der Waals surface area (Å²) in [5.41, 5.74) is 3.24. The van der Waals surface area contributed by atoms with Crippen molar-refractivity contribution in [3.8, 4) is 11.1 Å². The minimum Gasteiger partial charge on any atom is -0.311 e. The molecular formula is C15H14N4. The van der Waals surface area contributed by atoms with E-state index in [4.69, 9.17) is 5.41 Å². The Morgan fingerprint density at radius 3 is 2.74 bits per heavy atom. The van der Waals surface area contributed by atoms with Crippen molar-refractivity contribution in [2.24, 2.45) is 0 Å². The number of hydrogen-bond acceptors (Lipinski definition) is 3. The van der Waals surface area contributed by atoms with Gasteiger partial charge in [0.1, 0.15) is 17.5 Å². The Kier molecular flexibility index (Phi) is 2.83. The smallest absolute Gasteiger partial charge is 0.144 e. The van der Waals surface area contributed by atoms with Gasteiger partial charge in [0.15, 0.2) is 0 Å². The highest BCUT2D eigenvalue weighted by atomic mass is 15.1. The zero-order valence-corrected chi connectivity index (χ0v) is 10.7. The summed E-state index contributed by atoms with van der Waals surface area (Å²) in [6, 6.07) is 12.0. The lowest BCUT2D eigenvalue weighted by Gasteiger charge is -2.11. The Morgan fingerprint density at radius 2 is 2.00 bits per heavy atom. The van der Waals surface area contributed by atoms with Gasteiger partial charge in [-0.25, -0.2) is 9.97 Å². The van der Waals surface area contributed by atoms with E-state index in [1.807, 2.05) is 47.9 Å². The van der Waals surface area contributed by atoms with Crippen LogP contribution in [0.5, 0.6) is 0 Å². The summed E-state index contributed by atoms with van der Waals surface area (Å²) >= 11 is 0. The lowest BCUT2D eigenvalue weighted by molar-refractivity contribution is 0.725. The van der Waals surface area contributed by atoms with Crippen LogP contribution < -0.4 is 5.49 Å². The Bertz CT molecular complexity index is 775. The number of pyridine rings is 1. The molecule has 4 heteroatoms. The van der Waals surface area contributed by atoms with Crippen molar-refractivity contribution in [3.63, 3.8) is 0 Å². The van der Waals surface area contributed by atoms with Crippen LogP contribution in [-0.4, -0.2) is 14.5 Å². The Balaban J connectivity index is 2.39. The van der Waals surface area contributed by atoms with Crippen molar-refractivity contribution in [2.75, 3.05) is 0 Å². The van der Waals surface area contributed by atoms with Crippen LogP contribution in [-0.2, 0) is 6.54 Å². The maximum atomic E-state index is 8.37. The van der Waals surface area contributed by atoms with Crippen LogP contribution in [0.4, 0.5) is 0 Å². The molecular weight excluding hydrogens is 236 g/mol. The van der Waals surface area contributed by atoms with Gasteiger partial charge in [0.25, 0.3) is 0 Å². The summed E-state index contributed by atoms with van der Waals surface area (Å²) in [6.45, 7) is 2.74. The van der Waals surface area contributed by atoms with E-state index >= 15 is 0 Å². The van der Waals surface area contributed by atoms with Crippen molar-refractivity contribution < 1.29 is 0 Å². The minimum absolute atomic E-state index is 0.486. The molecule has 4 nitrogen and oxygen atoms in total. The Labute approximate surface area is 110 Å². The quantitative estimate of drug-likeness (QED) is 0.760. The lowest BCUT2D eigenvalue weighted by Crippen LogP contribution is -2.22. The molecule has 2 heterocycles. The molecule has 1 aromatic carbocycles. The summed E-state index contributed by atoms with van der Waals surface area (Å²) in [4.78, 5) is 8.35. The zero-order valence-electron chi connectivity index (χ0n) is 10.7. The number of nitrogens with one attached hydrogen (secondary N) is 1. The molecule has 0 aliphatic carbocycles. The van der Waals surface area contributed by atoms with Gasteiger partial charge >= 0.3 is 0 Å². The van der Waals surface area contributed by atoms with E-state index in [-0.39, 0.29) is 0 Å². The minimum atomic E-state index is 0.486. The van der Waals surface area contributed by atoms with Gasteiger partial charge in [-0.2, -0.15) is 0 Å². The number of rotatable bonds is 2. The highest BCUT2D eigenvalue weighted by Gasteiger charge is 2.08. The molecule has 0 bridgehead atoms. The second-order valence-corrected chi connectivity index (χ2v) is 4.32. The van der Waals surface area contributed by atoms with E-state index in [1.54, 1.807) is 6.20 Å². The van der Waals surface area contributed by atoms with E-state index in [9.17, 15) is 0 Å². The summed E-state index contributed by atoms with van der Waals surface area (Å²) in [6.07, 6.45) is 3.32. The fraction of sp³-hybridized carbons (Fsp3) is 0.133. The summed E-state index contributed by atoms with van der Waals surface area (Å²) in [5, 5.41) is 9.33. The fourth-order valence-corrected chi connectivity index (χ4v) is 2.28. The number of hydrogen-bond donors (Lipinski definition) is 1. The molecule has 0 atom stereocenters. The average Bonchev–Trinajstić information content (AvgIpc) is 2.47. The highest BCUT2D eigenvalue weighted by Crippen LogP contribution is 2.19. The van der Waals surface area contributed by atoms with E-state index in [1.165, 1.54) is 6.33 Å². The maximum Gasteiger partial charge on any atom is 0.144 e. The normalized spacial score (nSPS) is 10.8. The summed E-state index contributed by atoms with van der Waals surface area (Å²) in [5.74, 6) is 0. The monoisotopic (exact) mass is 250 g/mol. The van der Waals surface area contributed by atoms with Crippen LogP contribution in [0.1, 0.15) is 6.92 Å². The number of aromatic nitrogens is 3. The van der Waals surface area contributed by atoms with Crippen molar-refractivity contribution >= 4 is 11.0 Å². The lowest BCUT2D eigenvalue weighted by atomic mass is 10.1. The number of benzene rings is 1. The topological polar surface area (TPSA) is 54.6 Å². The number of nitrogens with zero attached hydrogens (tertiary/aromatic N) is 3. The van der Waals surface area contributed by atoms with E-state index in [0.717, 1.165) is 22.2 Å². The molecule has 19 heavy (non-hydrogen) atoms. The largest absolute Gasteiger partial charge is 0.311 e. The average molecular weight is 250 g/mol. The van der Waals surface area contributed by atoms with Crippen LogP contribution in [0.3, 0.4) is 0 Å². The molecule has 0 fully saturated rings. The third-order valence-electron chi connectivity index (χ3n) is 3.20. The van der Waals surface area contributed by atoms with Gasteiger partial charge in [-0.1, -0.05) is 30.3 Å². The van der Waals surface area contributed by atoms with Crippen molar-refractivity contribution in [1.82, 2.24) is 14.5 Å². The van der Waals surface area contributed by atoms with E-state index in [0.29, 0.717) is 12.0 Å². The SMILES string of the molecule is CCn1c(=N)c(-c2ccccc2)cc2cncnc21. The summed E-state index contributed by atoms with van der Waals surface area (Å²) < 4.78 is 1.90. The van der Waals surface area contributed by atoms with Crippen LogP contribution >= 0.6 is 0 Å². The molecule has 3 rings (SSSR count). The molecule has 0 radical (unpaired) electrons. The van der Waals surface area contributed by atoms with Gasteiger partial charge < -0.3 is 4.57 Å². The zero-order chi connectivity index (χ0) is 13.2. The van der Waals surface area contributed by atoms with Crippen LogP contribution in [0.25, 0.3) is 22.2 Å². The first-order valence-electron chi connectivity index (χ1n) is 6.25. The van der Waals surface area contributed by atoms with Gasteiger partial charge in [-0.15, -0.1) is 0 Å². The van der Waals surface area contributed by atoms with Gasteiger partial charge in [-0.05, 0) is 18.6 Å². The molecule has 0 unspecified atom stereocenters. The third-order valence-corrected chi connectivity index (χ3v) is 3.20. The van der Waals surface area contributed by atoms with Crippen LogP contribution in [0.15, 0.2) is 48.9 Å². The Morgan fingerprint density at radius 1 is 1.21 bits per heavy atom. The van der Waals surface area contributed by atoms with Gasteiger partial charge in [-0.3, -0.25) is 5.41 Å². The first-order valence-corrected chi connectivity index (χ1v) is 6.25. The second kappa shape index (κ2) is 4.65. The third kappa shape index (κ3) is 1.91. The number of aryl methyl sites for hydroxylation is 1. The second-order valence-electron chi connectivity index (χ2n) is 4.32. The highest BCUT2D eigenvalue weighted by molar-refractivity contribution is 5.80. The predicted octanol–water partition coefficient (Wildman–Crippen LogP) is 2.60. The van der Waals surface area contributed by atoms with Crippen molar-refractivity contribution in [3.05, 3.63) is 54.4 Å². The predicted molar refractivity (Wildman–Crippen MR) is 74.5 cm³/mol. The van der Waals surface area contributed by atoms with Gasteiger partial charge in [0.05, 0.1) is 0 Å². The van der Waals surface area contributed by atoms with Gasteiger partial charge in [0, 0.05) is 23.7 Å². The molecule has 0 aliphatic heterocycles. The standard InChI is InChI=1S/C15H14N4/c1-2-19-14(16)13(11-6-4-3-5-7-11)8-12-9-17-10-18-15(12)19/h3-10,16H,2H2,1H3. The number of fused-ring (bicyclic) bond motifs is 1. The van der Waals surface area contributed by atoms with Gasteiger partial charge in [0.2, 0.25) is 0 Å². The molecule has 94 valence electrons. The fourth-order valence-electron chi connectivity index (χ4n) is 2.28. The van der Waals surface area contributed by atoms with Crippen LogP contribution in [0, 0.1) is 5.41 Å². The maximum absolute atomic E-state index is 8.37. The van der Waals surface area contributed by atoms with Crippen molar-refractivity contribution in [2.45, 2.75) is 13.5 Å². The molecule has 0 amide bonds. The first-order chi connectivity index (χ1) is 9.31. The molecule has 2 aromatic heterocycles.